The zero-order valence-electron chi connectivity index (χ0n) is 24.1. The highest BCUT2D eigenvalue weighted by Gasteiger charge is 2.30. The van der Waals surface area contributed by atoms with Crippen LogP contribution in [-0.2, 0) is 12.8 Å². The van der Waals surface area contributed by atoms with Crippen molar-refractivity contribution in [2.24, 2.45) is 0 Å². The van der Waals surface area contributed by atoms with E-state index in [9.17, 15) is 0 Å². The molecule has 0 N–H and O–H groups in total. The van der Waals surface area contributed by atoms with Gasteiger partial charge in [0, 0.05) is 11.1 Å². The summed E-state index contributed by atoms with van der Waals surface area (Å²) in [6.45, 7) is 9.08. The maximum absolute atomic E-state index is 2.49. The van der Waals surface area contributed by atoms with E-state index in [4.69, 9.17) is 0 Å². The molecule has 4 aromatic carbocycles. The van der Waals surface area contributed by atoms with E-state index in [-0.39, 0.29) is 0 Å². The Morgan fingerprint density at radius 3 is 1.19 bits per heavy atom. The van der Waals surface area contributed by atoms with Crippen molar-refractivity contribution in [1.82, 2.24) is 0 Å². The third kappa shape index (κ3) is 4.42. The summed E-state index contributed by atoms with van der Waals surface area (Å²) < 4.78 is 2.80. The SMILES string of the molecule is CC1=C(C)SC(=C(C(=C2SC(C)=C(C)S2)c2ccc3c(c2)Cc2ccccc2-3)c2ccc3c(c2)Cc2ccccc2-3)S1. The standard InChI is InChI=1S/C38H30S4/c1-21-22(2)40-37(39-21)35(27-13-15-33-29(19-27)17-25-9-5-7-11-31(25)33)36(38-41-23(3)24(4)42-38)28-14-16-34-30(20-28)18-26-10-6-8-12-32(26)34/h5-16,19-20H,17-18H2,1-4H3. The second-order valence-electron chi connectivity index (χ2n) is 11.4. The van der Waals surface area contributed by atoms with Crippen LogP contribution in [0.2, 0.25) is 0 Å². The number of fused-ring (bicyclic) bond motifs is 6. The molecule has 0 saturated heterocycles. The van der Waals surface area contributed by atoms with Crippen molar-refractivity contribution < 1.29 is 0 Å². The second-order valence-corrected chi connectivity index (χ2v) is 16.8. The Kier molecular flexibility index (Phi) is 6.68. The van der Waals surface area contributed by atoms with Crippen LogP contribution in [0.1, 0.15) is 61.1 Å². The molecule has 0 amide bonds. The van der Waals surface area contributed by atoms with Crippen LogP contribution in [-0.4, -0.2) is 0 Å². The van der Waals surface area contributed by atoms with Crippen molar-refractivity contribution in [3.05, 3.63) is 146 Å². The fraction of sp³-hybridized carbons (Fsp3) is 0.158. The van der Waals surface area contributed by atoms with E-state index in [0.29, 0.717) is 0 Å². The Balaban J connectivity index is 1.33. The average Bonchev–Trinajstić information content (AvgIpc) is 3.73. The highest BCUT2D eigenvalue weighted by molar-refractivity contribution is 8.29. The highest BCUT2D eigenvalue weighted by atomic mass is 32.2. The molecule has 2 heterocycles. The first-order chi connectivity index (χ1) is 20.4. The van der Waals surface area contributed by atoms with Gasteiger partial charge < -0.3 is 0 Å². The predicted octanol–water partition coefficient (Wildman–Crippen LogP) is 12.3. The molecule has 42 heavy (non-hydrogen) atoms. The van der Waals surface area contributed by atoms with Gasteiger partial charge in [0.1, 0.15) is 0 Å². The number of rotatable bonds is 3. The molecule has 4 heteroatoms. The molecule has 2 aliphatic carbocycles. The van der Waals surface area contributed by atoms with E-state index in [1.165, 1.54) is 94.9 Å². The normalized spacial score (nSPS) is 16.7. The second kappa shape index (κ2) is 10.4. The van der Waals surface area contributed by atoms with Gasteiger partial charge in [0.05, 0.1) is 8.47 Å². The van der Waals surface area contributed by atoms with Gasteiger partial charge >= 0.3 is 0 Å². The van der Waals surface area contributed by atoms with Gasteiger partial charge in [-0.2, -0.15) is 0 Å². The quantitative estimate of drug-likeness (QED) is 0.194. The molecule has 206 valence electrons. The summed E-state index contributed by atoms with van der Waals surface area (Å²) >= 11 is 7.81. The van der Waals surface area contributed by atoms with Crippen LogP contribution in [0, 0.1) is 0 Å². The van der Waals surface area contributed by atoms with Crippen LogP contribution >= 0.6 is 47.0 Å². The van der Waals surface area contributed by atoms with E-state index >= 15 is 0 Å². The largest absolute Gasteiger partial charge is 0.0860 e. The molecule has 0 radical (unpaired) electrons. The highest BCUT2D eigenvalue weighted by Crippen LogP contribution is 2.59. The van der Waals surface area contributed by atoms with E-state index in [1.807, 2.05) is 47.0 Å². The number of thioether (sulfide) groups is 4. The van der Waals surface area contributed by atoms with Gasteiger partial charge in [0.2, 0.25) is 0 Å². The molecule has 2 aliphatic heterocycles. The zero-order chi connectivity index (χ0) is 28.5. The van der Waals surface area contributed by atoms with E-state index in [2.05, 4.69) is 113 Å². The molecule has 0 bridgehead atoms. The molecule has 0 unspecified atom stereocenters. The molecule has 0 fully saturated rings. The van der Waals surface area contributed by atoms with Gasteiger partial charge in [-0.15, -0.1) is 0 Å². The van der Waals surface area contributed by atoms with Crippen molar-refractivity contribution in [3.63, 3.8) is 0 Å². The number of allylic oxidation sites excluding steroid dienone is 6. The molecule has 0 spiro atoms. The first-order valence-corrected chi connectivity index (χ1v) is 17.7. The zero-order valence-corrected chi connectivity index (χ0v) is 27.4. The van der Waals surface area contributed by atoms with Crippen LogP contribution in [0.3, 0.4) is 0 Å². The van der Waals surface area contributed by atoms with Crippen molar-refractivity contribution in [3.8, 4) is 22.3 Å². The van der Waals surface area contributed by atoms with Gasteiger partial charge in [-0.3, -0.25) is 0 Å². The molecule has 4 aliphatic rings. The van der Waals surface area contributed by atoms with E-state index in [0.717, 1.165) is 12.8 Å². The van der Waals surface area contributed by atoms with Crippen LogP contribution in [0.5, 0.6) is 0 Å². The smallest absolute Gasteiger partial charge is 0.0577 e. The van der Waals surface area contributed by atoms with Crippen molar-refractivity contribution in [1.29, 1.82) is 0 Å². The summed E-state index contributed by atoms with van der Waals surface area (Å²) in [5.74, 6) is 0. The van der Waals surface area contributed by atoms with Crippen molar-refractivity contribution in [2.45, 2.75) is 40.5 Å². The Hall–Kier alpha value is -2.76. The summed E-state index contributed by atoms with van der Waals surface area (Å²) in [7, 11) is 0. The van der Waals surface area contributed by atoms with Crippen molar-refractivity contribution in [2.75, 3.05) is 0 Å². The first-order valence-electron chi connectivity index (χ1n) is 14.4. The van der Waals surface area contributed by atoms with Crippen LogP contribution in [0.25, 0.3) is 33.4 Å². The van der Waals surface area contributed by atoms with Gasteiger partial charge in [0.25, 0.3) is 0 Å². The maximum Gasteiger partial charge on any atom is 0.0577 e. The molecule has 0 aromatic heterocycles. The lowest BCUT2D eigenvalue weighted by Gasteiger charge is -2.20. The summed E-state index contributed by atoms with van der Waals surface area (Å²) in [6, 6.07) is 32.3. The van der Waals surface area contributed by atoms with Crippen molar-refractivity contribution >= 4 is 58.2 Å². The minimum atomic E-state index is 1.00. The van der Waals surface area contributed by atoms with Crippen LogP contribution in [0.15, 0.2) is 113 Å². The van der Waals surface area contributed by atoms with E-state index < -0.39 is 0 Å². The summed E-state index contributed by atoms with van der Waals surface area (Å²) in [4.78, 5) is 5.64. The third-order valence-electron chi connectivity index (χ3n) is 8.80. The van der Waals surface area contributed by atoms with E-state index in [1.54, 1.807) is 0 Å². The van der Waals surface area contributed by atoms with Gasteiger partial charge in [-0.05, 0) is 116 Å². The molecule has 8 rings (SSSR count). The first kappa shape index (κ1) is 26.8. The predicted molar refractivity (Wildman–Crippen MR) is 190 cm³/mol. The molecular weight excluding hydrogens is 585 g/mol. The Morgan fingerprint density at radius 2 is 0.786 bits per heavy atom. The fourth-order valence-electron chi connectivity index (χ4n) is 6.42. The maximum atomic E-state index is 2.49. The Morgan fingerprint density at radius 1 is 0.429 bits per heavy atom. The summed E-state index contributed by atoms with van der Waals surface area (Å²) in [5.41, 5.74) is 16.7. The minimum Gasteiger partial charge on any atom is -0.0860 e. The van der Waals surface area contributed by atoms with Crippen LogP contribution in [0.4, 0.5) is 0 Å². The number of hydrogen-bond donors (Lipinski definition) is 0. The summed E-state index contributed by atoms with van der Waals surface area (Å²) in [6.07, 6.45) is 2.01. The third-order valence-corrected chi connectivity index (χ3v) is 14.1. The molecule has 0 nitrogen and oxygen atoms in total. The molecular formula is C38H30S4. The summed E-state index contributed by atoms with van der Waals surface area (Å²) in [5, 5.41) is 0. The minimum absolute atomic E-state index is 1.00. The molecule has 0 atom stereocenters. The van der Waals surface area contributed by atoms with Gasteiger partial charge in [-0.25, -0.2) is 0 Å². The lowest BCUT2D eigenvalue weighted by atomic mass is 9.90. The monoisotopic (exact) mass is 614 g/mol. The van der Waals surface area contributed by atoms with Gasteiger partial charge in [-0.1, -0.05) is 132 Å². The Bertz CT molecular complexity index is 1790. The fourth-order valence-corrected chi connectivity index (χ4v) is 11.7. The average molecular weight is 615 g/mol. The Labute approximate surface area is 265 Å². The van der Waals surface area contributed by atoms with Crippen LogP contribution < -0.4 is 0 Å². The topological polar surface area (TPSA) is 0 Å². The number of benzene rings is 4. The lowest BCUT2D eigenvalue weighted by Crippen LogP contribution is -1.97. The molecule has 4 aromatic rings. The lowest BCUT2D eigenvalue weighted by molar-refractivity contribution is 1.26. The molecule has 0 saturated carbocycles. The van der Waals surface area contributed by atoms with Gasteiger partial charge in [0.15, 0.2) is 0 Å². The number of hydrogen-bond acceptors (Lipinski definition) is 4.